The maximum atomic E-state index is 11.1. The van der Waals surface area contributed by atoms with Gasteiger partial charge in [-0.15, -0.1) is 5.92 Å². The van der Waals surface area contributed by atoms with E-state index in [1.165, 1.54) is 7.11 Å². The van der Waals surface area contributed by atoms with E-state index in [9.17, 15) is 4.79 Å². The molecular formula is C16H24O2. The fourth-order valence-corrected chi connectivity index (χ4v) is 1.16. The van der Waals surface area contributed by atoms with Gasteiger partial charge in [0.05, 0.1) is 13.5 Å². The Morgan fingerprint density at radius 1 is 1.17 bits per heavy atom. The Kier molecular flexibility index (Phi) is 13.8. The lowest BCUT2D eigenvalue weighted by Crippen LogP contribution is -2.05. The maximum absolute atomic E-state index is 11.1. The van der Waals surface area contributed by atoms with Crippen molar-refractivity contribution < 1.29 is 9.53 Å². The number of methoxy groups -OCH3 is 1. The van der Waals surface area contributed by atoms with E-state index in [2.05, 4.69) is 16.6 Å². The van der Waals surface area contributed by atoms with Crippen molar-refractivity contribution in [3.63, 3.8) is 0 Å². The highest BCUT2D eigenvalue weighted by atomic mass is 16.5. The minimum atomic E-state index is -0.240. The highest BCUT2D eigenvalue weighted by Crippen LogP contribution is 2.08. The lowest BCUT2D eigenvalue weighted by Gasteiger charge is -2.02. The van der Waals surface area contributed by atoms with Crippen LogP contribution in [0, 0.1) is 11.8 Å². The largest absolute Gasteiger partial charge is 0.469 e. The number of carbonyl (C=O) groups excluding carboxylic acids is 1. The van der Waals surface area contributed by atoms with Crippen LogP contribution in [-0.4, -0.2) is 13.1 Å². The second-order valence-corrected chi connectivity index (χ2v) is 2.79. The highest BCUT2D eigenvalue weighted by molar-refractivity contribution is 5.73. The van der Waals surface area contributed by atoms with Crippen LogP contribution in [0.2, 0.25) is 0 Å². The molecule has 100 valence electrons. The Balaban J connectivity index is 0. The normalized spacial score (nSPS) is 7.44. The summed E-state index contributed by atoms with van der Waals surface area (Å²) in [5.74, 6) is 5.52. The summed E-state index contributed by atoms with van der Waals surface area (Å²) in [4.78, 5) is 11.1. The van der Waals surface area contributed by atoms with E-state index in [1.807, 2.05) is 52.0 Å². The van der Waals surface area contributed by atoms with E-state index in [1.54, 1.807) is 6.92 Å². The van der Waals surface area contributed by atoms with Crippen LogP contribution >= 0.6 is 0 Å². The molecule has 2 heteroatoms. The Bertz CT molecular complexity index is 384. The first-order chi connectivity index (χ1) is 8.77. The second kappa shape index (κ2) is 13.3. The first-order valence-corrected chi connectivity index (χ1v) is 6.35. The Labute approximate surface area is 111 Å². The zero-order chi connectivity index (χ0) is 14.4. The molecule has 1 rings (SSSR count). The van der Waals surface area contributed by atoms with Crippen molar-refractivity contribution >= 4 is 5.97 Å². The number of benzene rings is 1. The molecule has 0 amide bonds. The van der Waals surface area contributed by atoms with Crippen LogP contribution in [0.4, 0.5) is 0 Å². The number of hydrogen-bond acceptors (Lipinski definition) is 2. The third-order valence-electron chi connectivity index (χ3n) is 1.84. The number of esters is 1. The van der Waals surface area contributed by atoms with Crippen molar-refractivity contribution in [2.75, 3.05) is 7.11 Å². The van der Waals surface area contributed by atoms with Gasteiger partial charge in [0.1, 0.15) is 0 Å². The molecule has 0 aliphatic carbocycles. The summed E-state index contributed by atoms with van der Waals surface area (Å²) in [7, 11) is 1.39. The predicted molar refractivity (Wildman–Crippen MR) is 77.4 cm³/mol. The summed E-state index contributed by atoms with van der Waals surface area (Å²) in [6, 6.07) is 7.57. The van der Waals surface area contributed by atoms with Crippen molar-refractivity contribution in [2.45, 2.75) is 41.0 Å². The summed E-state index contributed by atoms with van der Waals surface area (Å²) in [6.07, 6.45) is 0.279. The lowest BCUT2D eigenvalue weighted by atomic mass is 10.1. The van der Waals surface area contributed by atoms with Gasteiger partial charge in [0.2, 0.25) is 0 Å². The molecule has 0 unspecified atom stereocenters. The molecule has 1 aromatic rings. The predicted octanol–water partition coefficient (Wildman–Crippen LogP) is 3.83. The summed E-state index contributed by atoms with van der Waals surface area (Å²) in [5.41, 5.74) is 1.80. The minimum Gasteiger partial charge on any atom is -0.469 e. The van der Waals surface area contributed by atoms with Gasteiger partial charge in [0.25, 0.3) is 0 Å². The molecule has 1 aromatic carbocycles. The number of hydrogen-bond donors (Lipinski definition) is 0. The van der Waals surface area contributed by atoms with Crippen LogP contribution in [-0.2, 0) is 16.0 Å². The maximum Gasteiger partial charge on any atom is 0.310 e. The molecule has 0 fully saturated rings. The molecular weight excluding hydrogens is 224 g/mol. The molecule has 0 bridgehead atoms. The van der Waals surface area contributed by atoms with Gasteiger partial charge in [0.15, 0.2) is 0 Å². The van der Waals surface area contributed by atoms with Gasteiger partial charge in [-0.3, -0.25) is 4.79 Å². The van der Waals surface area contributed by atoms with Gasteiger partial charge in [-0.2, -0.15) is 0 Å². The molecule has 0 aromatic heterocycles. The topological polar surface area (TPSA) is 26.3 Å². The summed E-state index contributed by atoms with van der Waals surface area (Å²) in [6.45, 7) is 9.77. The Hall–Kier alpha value is -1.75. The smallest absolute Gasteiger partial charge is 0.310 e. The monoisotopic (exact) mass is 248 g/mol. The molecule has 0 atom stereocenters. The van der Waals surface area contributed by atoms with Crippen molar-refractivity contribution in [2.24, 2.45) is 0 Å². The van der Waals surface area contributed by atoms with Gasteiger partial charge in [0, 0.05) is 5.56 Å². The van der Waals surface area contributed by atoms with Crippen LogP contribution in [0.15, 0.2) is 24.3 Å². The standard InChI is InChI=1S/C12H12O2.2C2H6/c1-3-6-10-7-4-5-8-11(10)9-12(13)14-2;2*1-2/h4-5,7-8H,9H2,1-2H3;2*1-2H3. The molecule has 0 aliphatic rings. The molecule has 0 saturated carbocycles. The molecule has 0 heterocycles. The van der Waals surface area contributed by atoms with Gasteiger partial charge < -0.3 is 4.74 Å². The number of ether oxygens (including phenoxy) is 1. The average Bonchev–Trinajstić information content (AvgIpc) is 2.45. The number of rotatable bonds is 2. The van der Waals surface area contributed by atoms with Crippen molar-refractivity contribution in [1.82, 2.24) is 0 Å². The average molecular weight is 248 g/mol. The fourth-order valence-electron chi connectivity index (χ4n) is 1.16. The van der Waals surface area contributed by atoms with Gasteiger partial charge in [-0.05, 0) is 18.6 Å². The van der Waals surface area contributed by atoms with E-state index < -0.39 is 0 Å². The Morgan fingerprint density at radius 3 is 2.22 bits per heavy atom. The van der Waals surface area contributed by atoms with Crippen molar-refractivity contribution in [3.05, 3.63) is 35.4 Å². The molecule has 0 N–H and O–H groups in total. The first kappa shape index (κ1) is 18.6. The van der Waals surface area contributed by atoms with E-state index in [0.29, 0.717) is 0 Å². The second-order valence-electron chi connectivity index (χ2n) is 2.79. The summed E-state index contributed by atoms with van der Waals surface area (Å²) in [5, 5.41) is 0. The van der Waals surface area contributed by atoms with E-state index in [-0.39, 0.29) is 12.4 Å². The molecule has 18 heavy (non-hydrogen) atoms. The van der Waals surface area contributed by atoms with Crippen molar-refractivity contribution in [3.8, 4) is 11.8 Å². The molecule has 0 saturated heterocycles. The van der Waals surface area contributed by atoms with Gasteiger partial charge in [-0.1, -0.05) is 51.8 Å². The Morgan fingerprint density at radius 2 is 1.72 bits per heavy atom. The zero-order valence-electron chi connectivity index (χ0n) is 12.3. The molecule has 2 nitrogen and oxygen atoms in total. The first-order valence-electron chi connectivity index (χ1n) is 6.35. The molecule has 0 spiro atoms. The lowest BCUT2D eigenvalue weighted by molar-refractivity contribution is -0.139. The van der Waals surface area contributed by atoms with Crippen LogP contribution < -0.4 is 0 Å². The van der Waals surface area contributed by atoms with Gasteiger partial charge >= 0.3 is 5.97 Å². The van der Waals surface area contributed by atoms with Crippen LogP contribution in [0.1, 0.15) is 45.7 Å². The third-order valence-corrected chi connectivity index (χ3v) is 1.84. The fraction of sp³-hybridized carbons (Fsp3) is 0.438. The third kappa shape index (κ3) is 7.51. The quantitative estimate of drug-likeness (QED) is 0.587. The number of carbonyl (C=O) groups is 1. The van der Waals surface area contributed by atoms with E-state index in [0.717, 1.165) is 11.1 Å². The van der Waals surface area contributed by atoms with Crippen LogP contribution in [0.25, 0.3) is 0 Å². The summed E-state index contributed by atoms with van der Waals surface area (Å²) < 4.78 is 4.60. The minimum absolute atomic E-state index is 0.240. The van der Waals surface area contributed by atoms with Crippen LogP contribution in [0.3, 0.4) is 0 Å². The van der Waals surface area contributed by atoms with E-state index in [4.69, 9.17) is 0 Å². The molecule has 0 aliphatic heterocycles. The van der Waals surface area contributed by atoms with Gasteiger partial charge in [-0.25, -0.2) is 0 Å². The van der Waals surface area contributed by atoms with Crippen LogP contribution in [0.5, 0.6) is 0 Å². The highest BCUT2D eigenvalue weighted by Gasteiger charge is 2.05. The van der Waals surface area contributed by atoms with Crippen molar-refractivity contribution in [1.29, 1.82) is 0 Å². The SMILES string of the molecule is CC.CC.CC#Cc1ccccc1CC(=O)OC. The zero-order valence-corrected chi connectivity index (χ0v) is 12.3. The summed E-state index contributed by atoms with van der Waals surface area (Å²) >= 11 is 0. The van der Waals surface area contributed by atoms with E-state index >= 15 is 0 Å². The molecule has 0 radical (unpaired) electrons.